The Hall–Kier alpha value is -1.78. The van der Waals surface area contributed by atoms with E-state index < -0.39 is 5.97 Å². The van der Waals surface area contributed by atoms with Gasteiger partial charge >= 0.3 is 5.97 Å². The zero-order valence-electron chi connectivity index (χ0n) is 9.91. The lowest BCUT2D eigenvalue weighted by Crippen LogP contribution is -2.09. The molecule has 0 bridgehead atoms. The van der Waals surface area contributed by atoms with Gasteiger partial charge in [-0.1, -0.05) is 29.8 Å². The van der Waals surface area contributed by atoms with Crippen LogP contribution in [0, 0.1) is 0 Å². The molecule has 2 aromatic rings. The van der Waals surface area contributed by atoms with Crippen LogP contribution >= 0.6 is 23.2 Å². The van der Waals surface area contributed by atoms with Crippen LogP contribution in [-0.2, 0) is 4.79 Å². The zero-order valence-corrected chi connectivity index (χ0v) is 11.4. The second-order valence-electron chi connectivity index (χ2n) is 3.90. The van der Waals surface area contributed by atoms with E-state index in [1.54, 1.807) is 6.07 Å². The predicted molar refractivity (Wildman–Crippen MR) is 73.9 cm³/mol. The van der Waals surface area contributed by atoms with Crippen LogP contribution < -0.4 is 4.74 Å². The van der Waals surface area contributed by atoms with E-state index in [0.717, 1.165) is 0 Å². The molecule has 19 heavy (non-hydrogen) atoms. The van der Waals surface area contributed by atoms with Gasteiger partial charge in [-0.05, 0) is 19.1 Å². The van der Waals surface area contributed by atoms with Gasteiger partial charge in [-0.2, -0.15) is 0 Å². The maximum Gasteiger partial charge on any atom is 0.339 e. The fourth-order valence-corrected chi connectivity index (χ4v) is 1.94. The number of carbonyl (C=O) groups is 1. The molecule has 0 aliphatic carbocycles. The highest BCUT2D eigenvalue weighted by atomic mass is 35.5. The predicted octanol–water partition coefficient (Wildman–Crippen LogP) is 3.73. The Kier molecular flexibility index (Phi) is 3.64. The van der Waals surface area contributed by atoms with Gasteiger partial charge in [0.15, 0.2) is 5.75 Å². The number of benzene rings is 1. The van der Waals surface area contributed by atoms with Gasteiger partial charge in [0.25, 0.3) is 0 Å². The summed E-state index contributed by atoms with van der Waals surface area (Å²) < 4.78 is 4.97. The van der Waals surface area contributed by atoms with Gasteiger partial charge in [0.1, 0.15) is 5.52 Å². The minimum atomic E-state index is -0.598. The molecule has 0 aliphatic heterocycles. The minimum absolute atomic E-state index is 0.0362. The number of nitrogens with zero attached hydrogens (tertiary/aromatic N) is 1. The molecule has 6 heteroatoms. The third-order valence-corrected chi connectivity index (χ3v) is 2.98. The van der Waals surface area contributed by atoms with E-state index in [1.165, 1.54) is 19.1 Å². The molecule has 2 rings (SSSR count). The molecule has 0 fully saturated rings. The first-order valence-corrected chi connectivity index (χ1v) is 6.01. The third-order valence-electron chi connectivity index (χ3n) is 2.38. The van der Waals surface area contributed by atoms with Gasteiger partial charge in [0.05, 0.1) is 10.0 Å². The highest BCUT2D eigenvalue weighted by Crippen LogP contribution is 2.36. The van der Waals surface area contributed by atoms with Crippen LogP contribution in [0.2, 0.25) is 10.0 Å². The fraction of sp³-hybridized carbons (Fsp3) is 0.0769. The smallest absolute Gasteiger partial charge is 0.339 e. The molecule has 0 saturated carbocycles. The fourth-order valence-electron chi connectivity index (χ4n) is 1.42. The van der Waals surface area contributed by atoms with Crippen LogP contribution in [0.3, 0.4) is 0 Å². The number of ether oxygens (including phenoxy) is 1. The molecule has 0 spiro atoms. The van der Waals surface area contributed by atoms with Crippen LogP contribution in [0.1, 0.15) is 6.92 Å². The maximum atomic E-state index is 11.4. The molecule has 0 radical (unpaired) electrons. The lowest BCUT2D eigenvalue weighted by atomic mass is 10.2. The van der Waals surface area contributed by atoms with E-state index in [0.29, 0.717) is 10.4 Å². The van der Waals surface area contributed by atoms with Gasteiger partial charge in [0, 0.05) is 17.0 Å². The Bertz CT molecular complexity index is 698. The van der Waals surface area contributed by atoms with Crippen molar-refractivity contribution in [1.29, 1.82) is 0 Å². The summed E-state index contributed by atoms with van der Waals surface area (Å²) in [7, 11) is 0. The highest BCUT2D eigenvalue weighted by molar-refractivity contribution is 6.39. The summed E-state index contributed by atoms with van der Waals surface area (Å²) in [6.07, 6.45) is 0. The van der Waals surface area contributed by atoms with Crippen LogP contribution in [0.4, 0.5) is 0 Å². The number of fused-ring (bicyclic) bond motifs is 1. The van der Waals surface area contributed by atoms with Crippen LogP contribution in [-0.4, -0.2) is 16.1 Å². The number of rotatable bonds is 2. The molecular formula is C13H9Cl2NO3. The maximum absolute atomic E-state index is 11.4. The first-order chi connectivity index (χ1) is 8.90. The van der Waals surface area contributed by atoms with Gasteiger partial charge in [-0.15, -0.1) is 0 Å². The van der Waals surface area contributed by atoms with E-state index in [4.69, 9.17) is 27.9 Å². The summed E-state index contributed by atoms with van der Waals surface area (Å²) in [5.41, 5.74) is 0.416. The molecule has 0 saturated heterocycles. The molecule has 0 amide bonds. The molecular weight excluding hydrogens is 289 g/mol. The number of aromatic nitrogens is 1. The summed E-state index contributed by atoms with van der Waals surface area (Å²) in [6, 6.07) is 4.48. The van der Waals surface area contributed by atoms with E-state index >= 15 is 0 Å². The quantitative estimate of drug-likeness (QED) is 0.678. The van der Waals surface area contributed by atoms with E-state index in [-0.39, 0.29) is 27.7 Å². The number of carbonyl (C=O) groups excluding carboxylic acids is 1. The van der Waals surface area contributed by atoms with E-state index in [2.05, 4.69) is 11.6 Å². The molecule has 1 aromatic heterocycles. The lowest BCUT2D eigenvalue weighted by Gasteiger charge is -2.07. The average molecular weight is 298 g/mol. The largest absolute Gasteiger partial charge is 0.504 e. The number of phenolic OH excluding ortho intramolecular Hbond substituents is 1. The first-order valence-electron chi connectivity index (χ1n) is 5.25. The number of halogens is 2. The number of aromatic hydroxyl groups is 1. The standard InChI is InChI=1S/C13H9Cl2NO3/c1-6(2)13(18)19-10-4-3-7-8(14)5-9(15)12(17)11(7)16-10/h3-5,17H,1H2,2H3. The van der Waals surface area contributed by atoms with E-state index in [9.17, 15) is 9.90 Å². The summed E-state index contributed by atoms with van der Waals surface area (Å²) in [5, 5.41) is 10.8. The van der Waals surface area contributed by atoms with Crippen molar-refractivity contribution in [3.63, 3.8) is 0 Å². The number of phenols is 1. The first kappa shape index (κ1) is 13.6. The summed E-state index contributed by atoms with van der Waals surface area (Å²) in [5.74, 6) is -0.775. The second kappa shape index (κ2) is 5.07. The SMILES string of the molecule is C=C(C)C(=O)Oc1ccc2c(Cl)cc(Cl)c(O)c2n1. The topological polar surface area (TPSA) is 59.4 Å². The summed E-state index contributed by atoms with van der Waals surface area (Å²) in [4.78, 5) is 15.4. The van der Waals surface area contributed by atoms with Crippen molar-refractivity contribution in [1.82, 2.24) is 4.98 Å². The lowest BCUT2D eigenvalue weighted by molar-refractivity contribution is -0.130. The molecule has 1 aromatic carbocycles. The Labute approximate surface area is 119 Å². The number of hydrogen-bond donors (Lipinski definition) is 1. The summed E-state index contributed by atoms with van der Waals surface area (Å²) in [6.45, 7) is 4.99. The Morgan fingerprint density at radius 3 is 2.68 bits per heavy atom. The molecule has 0 aliphatic rings. The Morgan fingerprint density at radius 2 is 2.05 bits per heavy atom. The Morgan fingerprint density at radius 1 is 1.37 bits per heavy atom. The van der Waals surface area contributed by atoms with Crippen LogP contribution in [0.25, 0.3) is 10.9 Å². The molecule has 1 heterocycles. The van der Waals surface area contributed by atoms with Crippen molar-refractivity contribution >= 4 is 40.1 Å². The minimum Gasteiger partial charge on any atom is -0.504 e. The van der Waals surface area contributed by atoms with Crippen molar-refractivity contribution in [3.8, 4) is 11.6 Å². The van der Waals surface area contributed by atoms with Crippen molar-refractivity contribution in [2.45, 2.75) is 6.92 Å². The van der Waals surface area contributed by atoms with Gasteiger partial charge < -0.3 is 9.84 Å². The van der Waals surface area contributed by atoms with Crippen molar-refractivity contribution < 1.29 is 14.6 Å². The zero-order chi connectivity index (χ0) is 14.2. The molecule has 1 N–H and O–H groups in total. The summed E-state index contributed by atoms with van der Waals surface area (Å²) >= 11 is 11.8. The van der Waals surface area contributed by atoms with E-state index in [1.807, 2.05) is 0 Å². The van der Waals surface area contributed by atoms with Crippen molar-refractivity contribution in [2.24, 2.45) is 0 Å². The van der Waals surface area contributed by atoms with Gasteiger partial charge in [0.2, 0.25) is 5.88 Å². The number of pyridine rings is 1. The highest BCUT2D eigenvalue weighted by Gasteiger charge is 2.13. The molecule has 0 unspecified atom stereocenters. The van der Waals surface area contributed by atoms with Gasteiger partial charge in [-0.25, -0.2) is 9.78 Å². The second-order valence-corrected chi connectivity index (χ2v) is 4.72. The Balaban J connectivity index is 2.54. The number of hydrogen-bond acceptors (Lipinski definition) is 4. The molecule has 98 valence electrons. The average Bonchev–Trinajstić information content (AvgIpc) is 2.35. The van der Waals surface area contributed by atoms with Gasteiger partial charge in [-0.3, -0.25) is 0 Å². The number of esters is 1. The van der Waals surface area contributed by atoms with Crippen molar-refractivity contribution in [2.75, 3.05) is 0 Å². The molecule has 4 nitrogen and oxygen atoms in total. The van der Waals surface area contributed by atoms with Crippen LogP contribution in [0.5, 0.6) is 11.6 Å². The van der Waals surface area contributed by atoms with Crippen molar-refractivity contribution in [3.05, 3.63) is 40.4 Å². The normalized spacial score (nSPS) is 10.5. The molecule has 0 atom stereocenters. The monoisotopic (exact) mass is 297 g/mol. The third kappa shape index (κ3) is 2.64. The van der Waals surface area contributed by atoms with Crippen LogP contribution in [0.15, 0.2) is 30.4 Å².